The van der Waals surface area contributed by atoms with Crippen molar-refractivity contribution in [3.8, 4) is 0 Å². The standard InChI is InChI=1S/C11H7F2NO2/c12-5-1-2-8(13)9(3-5)14-10(15)6-4-7(6)11(14)16/h1-3,6-7H,4H2/t6-,7-/m0/s1. The van der Waals surface area contributed by atoms with E-state index < -0.39 is 23.4 Å². The highest BCUT2D eigenvalue weighted by Crippen LogP contribution is 2.48. The molecule has 82 valence electrons. The summed E-state index contributed by atoms with van der Waals surface area (Å²) >= 11 is 0. The molecule has 1 aliphatic carbocycles. The van der Waals surface area contributed by atoms with E-state index >= 15 is 0 Å². The Hall–Kier alpha value is -1.78. The zero-order valence-corrected chi connectivity index (χ0v) is 8.11. The number of imide groups is 1. The van der Waals surface area contributed by atoms with Gasteiger partial charge in [-0.2, -0.15) is 0 Å². The van der Waals surface area contributed by atoms with E-state index in [9.17, 15) is 18.4 Å². The first-order valence-corrected chi connectivity index (χ1v) is 4.92. The number of carbonyl (C=O) groups is 2. The van der Waals surface area contributed by atoms with Crippen LogP contribution in [0.5, 0.6) is 0 Å². The molecule has 1 heterocycles. The number of nitrogens with zero attached hydrogens (tertiary/aromatic N) is 1. The predicted octanol–water partition coefficient (Wildman–Crippen LogP) is 1.47. The van der Waals surface area contributed by atoms with Crippen LogP contribution in [-0.4, -0.2) is 11.8 Å². The topological polar surface area (TPSA) is 37.4 Å². The lowest BCUT2D eigenvalue weighted by atomic mass is 10.2. The molecule has 1 saturated heterocycles. The minimum absolute atomic E-state index is 0.276. The molecule has 0 spiro atoms. The Morgan fingerprint density at radius 2 is 1.75 bits per heavy atom. The summed E-state index contributed by atoms with van der Waals surface area (Å²) in [6.45, 7) is 0. The van der Waals surface area contributed by atoms with Crippen molar-refractivity contribution in [2.24, 2.45) is 11.8 Å². The molecule has 0 aromatic heterocycles. The number of carbonyl (C=O) groups excluding carboxylic acids is 2. The van der Waals surface area contributed by atoms with Crippen LogP contribution < -0.4 is 4.90 Å². The van der Waals surface area contributed by atoms with Gasteiger partial charge in [-0.05, 0) is 18.6 Å². The number of hydrogen-bond acceptors (Lipinski definition) is 2. The number of fused-ring (bicyclic) bond motifs is 1. The molecular formula is C11H7F2NO2. The van der Waals surface area contributed by atoms with Gasteiger partial charge in [0.05, 0.1) is 17.5 Å². The number of amides is 2. The summed E-state index contributed by atoms with van der Waals surface area (Å²) in [5.41, 5.74) is -0.276. The van der Waals surface area contributed by atoms with E-state index in [4.69, 9.17) is 0 Å². The van der Waals surface area contributed by atoms with Gasteiger partial charge in [-0.25, -0.2) is 13.7 Å². The fourth-order valence-corrected chi connectivity index (χ4v) is 2.08. The average molecular weight is 223 g/mol. The number of piperidine rings is 1. The van der Waals surface area contributed by atoms with E-state index in [1.54, 1.807) is 0 Å². The third-order valence-corrected chi connectivity index (χ3v) is 3.01. The molecular weight excluding hydrogens is 216 g/mol. The Labute approximate surface area is 89.7 Å². The van der Waals surface area contributed by atoms with Gasteiger partial charge in [-0.15, -0.1) is 0 Å². The Kier molecular flexibility index (Phi) is 1.70. The lowest BCUT2D eigenvalue weighted by molar-refractivity contribution is -0.123. The number of rotatable bonds is 1. The van der Waals surface area contributed by atoms with Gasteiger partial charge in [-0.3, -0.25) is 9.59 Å². The highest BCUT2D eigenvalue weighted by atomic mass is 19.1. The lowest BCUT2D eigenvalue weighted by Gasteiger charge is -2.16. The fourth-order valence-electron chi connectivity index (χ4n) is 2.08. The molecule has 2 fully saturated rings. The summed E-state index contributed by atoms with van der Waals surface area (Å²) < 4.78 is 26.3. The Morgan fingerprint density at radius 1 is 1.12 bits per heavy atom. The number of hydrogen-bond donors (Lipinski definition) is 0. The smallest absolute Gasteiger partial charge is 0.237 e. The first kappa shape index (κ1) is 9.45. The molecule has 0 bridgehead atoms. The van der Waals surface area contributed by atoms with E-state index in [0.29, 0.717) is 6.42 Å². The van der Waals surface area contributed by atoms with E-state index in [-0.39, 0.29) is 17.5 Å². The van der Waals surface area contributed by atoms with Gasteiger partial charge in [-0.1, -0.05) is 0 Å². The van der Waals surface area contributed by atoms with Crippen molar-refractivity contribution in [3.05, 3.63) is 29.8 Å². The third-order valence-electron chi connectivity index (χ3n) is 3.01. The Morgan fingerprint density at radius 3 is 2.38 bits per heavy atom. The van der Waals surface area contributed by atoms with Crippen LogP contribution in [-0.2, 0) is 9.59 Å². The highest BCUT2D eigenvalue weighted by Gasteiger charge is 2.59. The van der Waals surface area contributed by atoms with Crippen LogP contribution in [0, 0.1) is 23.5 Å². The van der Waals surface area contributed by atoms with Crippen LogP contribution in [0.15, 0.2) is 18.2 Å². The third kappa shape index (κ3) is 1.11. The minimum Gasteiger partial charge on any atom is -0.274 e. The molecule has 1 saturated carbocycles. The van der Waals surface area contributed by atoms with Crippen molar-refractivity contribution in [1.82, 2.24) is 0 Å². The maximum atomic E-state index is 13.4. The van der Waals surface area contributed by atoms with Crippen LogP contribution in [0.1, 0.15) is 6.42 Å². The van der Waals surface area contributed by atoms with Gasteiger partial charge in [0, 0.05) is 6.07 Å². The normalized spacial score (nSPS) is 27.2. The van der Waals surface area contributed by atoms with E-state index in [1.165, 1.54) is 0 Å². The summed E-state index contributed by atoms with van der Waals surface area (Å²) in [5, 5.41) is 0. The van der Waals surface area contributed by atoms with Crippen LogP contribution in [0.4, 0.5) is 14.5 Å². The van der Waals surface area contributed by atoms with Gasteiger partial charge in [0.25, 0.3) is 0 Å². The van der Waals surface area contributed by atoms with Crippen molar-refractivity contribution in [3.63, 3.8) is 0 Å². The van der Waals surface area contributed by atoms with Crippen molar-refractivity contribution in [2.45, 2.75) is 6.42 Å². The molecule has 1 aromatic carbocycles. The minimum atomic E-state index is -0.760. The van der Waals surface area contributed by atoms with Crippen LogP contribution in [0.3, 0.4) is 0 Å². The van der Waals surface area contributed by atoms with Crippen LogP contribution in [0.25, 0.3) is 0 Å². The Balaban J connectivity index is 2.07. The van der Waals surface area contributed by atoms with Gasteiger partial charge in [0.2, 0.25) is 11.8 Å². The molecule has 2 aliphatic rings. The summed E-state index contributed by atoms with van der Waals surface area (Å²) in [6.07, 6.45) is 0.547. The average Bonchev–Trinajstić information content (AvgIpc) is 2.98. The second-order valence-corrected chi connectivity index (χ2v) is 4.06. The van der Waals surface area contributed by atoms with Crippen LogP contribution >= 0.6 is 0 Å². The number of anilines is 1. The first-order valence-electron chi connectivity index (χ1n) is 4.92. The van der Waals surface area contributed by atoms with Gasteiger partial charge < -0.3 is 0 Å². The van der Waals surface area contributed by atoms with Gasteiger partial charge >= 0.3 is 0 Å². The quantitative estimate of drug-likeness (QED) is 0.676. The maximum Gasteiger partial charge on any atom is 0.237 e. The molecule has 0 N–H and O–H groups in total. The molecule has 3 rings (SSSR count). The molecule has 2 atom stereocenters. The number of benzene rings is 1. The zero-order valence-electron chi connectivity index (χ0n) is 8.11. The molecule has 0 radical (unpaired) electrons. The Bertz CT molecular complexity index is 495. The van der Waals surface area contributed by atoms with Crippen molar-refractivity contribution >= 4 is 17.5 Å². The SMILES string of the molecule is O=C1[C@H]2C[C@@H]2C(=O)N1c1cc(F)ccc1F. The molecule has 1 aromatic rings. The second-order valence-electron chi connectivity index (χ2n) is 4.06. The molecule has 3 nitrogen and oxygen atoms in total. The van der Waals surface area contributed by atoms with E-state index in [1.807, 2.05) is 0 Å². The van der Waals surface area contributed by atoms with E-state index in [2.05, 4.69) is 0 Å². The van der Waals surface area contributed by atoms with Crippen molar-refractivity contribution in [1.29, 1.82) is 0 Å². The maximum absolute atomic E-state index is 13.4. The van der Waals surface area contributed by atoms with Crippen LogP contribution in [0.2, 0.25) is 0 Å². The molecule has 0 unspecified atom stereocenters. The fraction of sp³-hybridized carbons (Fsp3) is 0.273. The van der Waals surface area contributed by atoms with Crippen molar-refractivity contribution in [2.75, 3.05) is 4.90 Å². The summed E-state index contributed by atoms with van der Waals surface area (Å²) in [7, 11) is 0. The second kappa shape index (κ2) is 2.87. The predicted molar refractivity (Wildman–Crippen MR) is 50.4 cm³/mol. The van der Waals surface area contributed by atoms with Crippen molar-refractivity contribution < 1.29 is 18.4 Å². The zero-order chi connectivity index (χ0) is 11.4. The molecule has 1 aliphatic heterocycles. The summed E-state index contributed by atoms with van der Waals surface area (Å²) in [5.74, 6) is -2.88. The van der Waals surface area contributed by atoms with E-state index in [0.717, 1.165) is 23.1 Å². The molecule has 5 heteroatoms. The van der Waals surface area contributed by atoms with Gasteiger partial charge in [0.15, 0.2) is 0 Å². The molecule has 2 amide bonds. The number of halogens is 2. The highest BCUT2D eigenvalue weighted by molar-refractivity contribution is 6.24. The largest absolute Gasteiger partial charge is 0.274 e. The summed E-state index contributed by atoms with van der Waals surface area (Å²) in [6, 6.07) is 2.73. The molecule has 16 heavy (non-hydrogen) atoms. The monoisotopic (exact) mass is 223 g/mol. The first-order chi connectivity index (χ1) is 7.59. The lowest BCUT2D eigenvalue weighted by Crippen LogP contribution is -2.33. The van der Waals surface area contributed by atoms with Gasteiger partial charge in [0.1, 0.15) is 11.6 Å². The summed E-state index contributed by atoms with van der Waals surface area (Å²) in [4.78, 5) is 24.0.